The van der Waals surface area contributed by atoms with E-state index in [9.17, 15) is 19.5 Å². The highest BCUT2D eigenvalue weighted by molar-refractivity contribution is 5.86. The monoisotopic (exact) mass is 378 g/mol. The van der Waals surface area contributed by atoms with Gasteiger partial charge in [0.15, 0.2) is 6.04 Å². The normalized spacial score (nSPS) is 16.9. The lowest BCUT2D eigenvalue weighted by atomic mass is 9.95. The van der Waals surface area contributed by atoms with Crippen LogP contribution in [0.2, 0.25) is 0 Å². The van der Waals surface area contributed by atoms with Crippen molar-refractivity contribution < 1.29 is 29.0 Å². The number of rotatable bonds is 6. The average Bonchev–Trinajstić information content (AvgIpc) is 2.70. The number of hydrogen-bond acceptors (Lipinski definition) is 6. The maximum absolute atomic E-state index is 12.4. The zero-order valence-corrected chi connectivity index (χ0v) is 15.6. The summed E-state index contributed by atoms with van der Waals surface area (Å²) in [6, 6.07) is 8.30. The van der Waals surface area contributed by atoms with Crippen LogP contribution in [0, 0.1) is 5.92 Å². The number of ether oxygens (including phenoxy) is 2. The number of benzene rings is 1. The SMILES string of the molecule is COC(=O)[C@H](NC(=O)C1CCN(C(=O)OCc2ccccc2)CC1)[C@H](C)O. The van der Waals surface area contributed by atoms with Crippen LogP contribution in [-0.2, 0) is 25.7 Å². The second kappa shape index (κ2) is 9.91. The fourth-order valence-electron chi connectivity index (χ4n) is 2.91. The molecule has 1 aliphatic heterocycles. The standard InChI is InChI=1S/C19H26N2O6/c1-13(22)16(18(24)26-2)20-17(23)15-8-10-21(11-9-15)19(25)27-12-14-6-4-3-5-7-14/h3-7,13,15-16,22H,8-12H2,1-2H3,(H,20,23)/t13-,16+/m0/s1. The smallest absolute Gasteiger partial charge is 0.410 e. The first-order valence-electron chi connectivity index (χ1n) is 8.94. The first kappa shape index (κ1) is 20.7. The second-order valence-corrected chi connectivity index (χ2v) is 6.55. The molecule has 1 saturated heterocycles. The number of piperidine rings is 1. The minimum atomic E-state index is -1.10. The van der Waals surface area contributed by atoms with E-state index in [0.717, 1.165) is 5.56 Å². The Morgan fingerprint density at radius 1 is 1.22 bits per heavy atom. The molecular formula is C19H26N2O6. The van der Waals surface area contributed by atoms with E-state index in [0.29, 0.717) is 25.9 Å². The van der Waals surface area contributed by atoms with Crippen LogP contribution in [-0.4, -0.2) is 60.3 Å². The largest absolute Gasteiger partial charge is 0.467 e. The Morgan fingerprint density at radius 2 is 1.85 bits per heavy atom. The number of aliphatic hydroxyl groups is 1. The molecule has 27 heavy (non-hydrogen) atoms. The van der Waals surface area contributed by atoms with Crippen molar-refractivity contribution in [3.8, 4) is 0 Å². The van der Waals surface area contributed by atoms with Crippen LogP contribution in [0.4, 0.5) is 4.79 Å². The van der Waals surface area contributed by atoms with Gasteiger partial charge in [0.25, 0.3) is 0 Å². The molecule has 148 valence electrons. The van der Waals surface area contributed by atoms with Crippen LogP contribution in [0.3, 0.4) is 0 Å². The minimum Gasteiger partial charge on any atom is -0.467 e. The first-order valence-corrected chi connectivity index (χ1v) is 8.94. The maximum Gasteiger partial charge on any atom is 0.410 e. The number of esters is 1. The van der Waals surface area contributed by atoms with Gasteiger partial charge in [-0.1, -0.05) is 30.3 Å². The number of nitrogens with zero attached hydrogens (tertiary/aromatic N) is 1. The molecule has 1 aliphatic rings. The molecule has 0 saturated carbocycles. The lowest BCUT2D eigenvalue weighted by Gasteiger charge is -2.31. The Bertz CT molecular complexity index is 641. The molecule has 1 fully saturated rings. The number of hydrogen-bond donors (Lipinski definition) is 2. The van der Waals surface area contributed by atoms with Crippen molar-refractivity contribution >= 4 is 18.0 Å². The van der Waals surface area contributed by atoms with Gasteiger partial charge >= 0.3 is 12.1 Å². The highest BCUT2D eigenvalue weighted by Crippen LogP contribution is 2.19. The molecule has 1 heterocycles. The molecule has 2 rings (SSSR count). The van der Waals surface area contributed by atoms with Gasteiger partial charge in [-0.3, -0.25) is 4.79 Å². The molecule has 2 amide bonds. The Labute approximate surface area is 158 Å². The third-order valence-electron chi connectivity index (χ3n) is 4.56. The van der Waals surface area contributed by atoms with Crippen molar-refractivity contribution in [2.75, 3.05) is 20.2 Å². The van der Waals surface area contributed by atoms with Crippen LogP contribution in [0.15, 0.2) is 30.3 Å². The fraction of sp³-hybridized carbons (Fsp3) is 0.526. The molecule has 0 aliphatic carbocycles. The van der Waals surface area contributed by atoms with E-state index in [1.54, 1.807) is 4.90 Å². The molecule has 8 heteroatoms. The lowest BCUT2D eigenvalue weighted by molar-refractivity contribution is -0.148. The van der Waals surface area contributed by atoms with Crippen molar-refractivity contribution in [3.05, 3.63) is 35.9 Å². The number of carbonyl (C=O) groups is 3. The summed E-state index contributed by atoms with van der Waals surface area (Å²) in [6.07, 6.45) is -0.552. The van der Waals surface area contributed by atoms with Gasteiger partial charge in [0, 0.05) is 19.0 Å². The second-order valence-electron chi connectivity index (χ2n) is 6.55. The maximum atomic E-state index is 12.4. The fourth-order valence-corrected chi connectivity index (χ4v) is 2.91. The van der Waals surface area contributed by atoms with Gasteiger partial charge in [-0.2, -0.15) is 0 Å². The van der Waals surface area contributed by atoms with E-state index in [1.165, 1.54) is 14.0 Å². The summed E-state index contributed by atoms with van der Waals surface area (Å²) in [7, 11) is 1.20. The summed E-state index contributed by atoms with van der Waals surface area (Å²) in [5.41, 5.74) is 0.909. The van der Waals surface area contributed by atoms with Crippen LogP contribution in [0.25, 0.3) is 0 Å². The van der Waals surface area contributed by atoms with E-state index in [1.807, 2.05) is 30.3 Å². The van der Waals surface area contributed by atoms with Crippen molar-refractivity contribution in [3.63, 3.8) is 0 Å². The number of nitrogens with one attached hydrogen (secondary N) is 1. The van der Waals surface area contributed by atoms with Gasteiger partial charge < -0.3 is 24.8 Å². The molecule has 1 aromatic rings. The third-order valence-corrected chi connectivity index (χ3v) is 4.56. The zero-order valence-electron chi connectivity index (χ0n) is 15.6. The van der Waals surface area contributed by atoms with E-state index < -0.39 is 24.2 Å². The topological polar surface area (TPSA) is 105 Å². The van der Waals surface area contributed by atoms with Gasteiger partial charge in [0.1, 0.15) is 6.61 Å². The van der Waals surface area contributed by atoms with Crippen molar-refractivity contribution in [2.45, 2.75) is 38.5 Å². The molecular weight excluding hydrogens is 352 g/mol. The predicted molar refractivity (Wildman–Crippen MR) is 96.6 cm³/mol. The number of methoxy groups -OCH3 is 1. The molecule has 8 nitrogen and oxygen atoms in total. The van der Waals surface area contributed by atoms with Gasteiger partial charge in [-0.25, -0.2) is 9.59 Å². The summed E-state index contributed by atoms with van der Waals surface area (Å²) in [6.45, 7) is 2.40. The Morgan fingerprint density at radius 3 is 2.41 bits per heavy atom. The summed E-state index contributed by atoms with van der Waals surface area (Å²) in [5, 5.41) is 12.2. The lowest BCUT2D eigenvalue weighted by Crippen LogP contribution is -2.51. The number of aliphatic hydroxyl groups excluding tert-OH is 1. The van der Waals surface area contributed by atoms with Gasteiger partial charge in [0.2, 0.25) is 5.91 Å². The molecule has 0 aromatic heterocycles. The first-order chi connectivity index (χ1) is 12.9. The van der Waals surface area contributed by atoms with Crippen molar-refractivity contribution in [1.29, 1.82) is 0 Å². The molecule has 0 spiro atoms. The Hall–Kier alpha value is -2.61. The molecule has 0 bridgehead atoms. The van der Waals surface area contributed by atoms with Crippen LogP contribution in [0.1, 0.15) is 25.3 Å². The number of likely N-dealkylation sites (tertiary alicyclic amines) is 1. The number of carbonyl (C=O) groups excluding carboxylic acids is 3. The molecule has 2 N–H and O–H groups in total. The van der Waals surface area contributed by atoms with E-state index in [-0.39, 0.29) is 18.4 Å². The summed E-state index contributed by atoms with van der Waals surface area (Å²) >= 11 is 0. The van der Waals surface area contributed by atoms with E-state index in [2.05, 4.69) is 10.1 Å². The number of amides is 2. The van der Waals surface area contributed by atoms with E-state index in [4.69, 9.17) is 4.74 Å². The molecule has 0 unspecified atom stereocenters. The van der Waals surface area contributed by atoms with E-state index >= 15 is 0 Å². The van der Waals surface area contributed by atoms with Crippen LogP contribution < -0.4 is 5.32 Å². The molecule has 0 radical (unpaired) electrons. The van der Waals surface area contributed by atoms with Gasteiger partial charge in [0.05, 0.1) is 13.2 Å². The van der Waals surface area contributed by atoms with Crippen molar-refractivity contribution in [1.82, 2.24) is 10.2 Å². The minimum absolute atomic E-state index is 0.204. The Balaban J connectivity index is 1.79. The Kier molecular flexibility index (Phi) is 7.60. The molecule has 2 atom stereocenters. The van der Waals surface area contributed by atoms with Crippen LogP contribution in [0.5, 0.6) is 0 Å². The third kappa shape index (κ3) is 5.96. The zero-order chi connectivity index (χ0) is 19.8. The summed E-state index contributed by atoms with van der Waals surface area (Å²) < 4.78 is 9.89. The molecule has 1 aromatic carbocycles. The van der Waals surface area contributed by atoms with Gasteiger partial charge in [-0.15, -0.1) is 0 Å². The average molecular weight is 378 g/mol. The van der Waals surface area contributed by atoms with Crippen molar-refractivity contribution in [2.24, 2.45) is 5.92 Å². The van der Waals surface area contributed by atoms with Crippen LogP contribution >= 0.6 is 0 Å². The predicted octanol–water partition coefficient (Wildman–Crippen LogP) is 1.07. The highest BCUT2D eigenvalue weighted by atomic mass is 16.6. The summed E-state index contributed by atoms with van der Waals surface area (Å²) in [5.74, 6) is -1.36. The van der Waals surface area contributed by atoms with Gasteiger partial charge in [-0.05, 0) is 25.3 Å². The highest BCUT2D eigenvalue weighted by Gasteiger charge is 2.32. The summed E-state index contributed by atoms with van der Waals surface area (Å²) in [4.78, 5) is 37.7. The quantitative estimate of drug-likeness (QED) is 0.718.